The summed E-state index contributed by atoms with van der Waals surface area (Å²) in [6.45, 7) is 3.85. The van der Waals surface area contributed by atoms with E-state index in [1.807, 2.05) is 50.2 Å². The fraction of sp³-hybridized carbons (Fsp3) is 0.214. The number of fused-ring (bicyclic) bond motifs is 3. The smallest absolute Gasteiger partial charge is 0.344 e. The largest absolute Gasteiger partial charge is 0.493 e. The molecule has 7 heteroatoms. The Balaban J connectivity index is 1.64. The monoisotopic (exact) mass is 471 g/mol. The van der Waals surface area contributed by atoms with Crippen molar-refractivity contribution < 1.29 is 23.4 Å². The molecule has 7 nitrogen and oxygen atoms in total. The van der Waals surface area contributed by atoms with E-state index >= 15 is 0 Å². The van der Waals surface area contributed by atoms with Gasteiger partial charge in [0, 0.05) is 5.69 Å². The molecule has 4 aromatic rings. The Morgan fingerprint density at radius 1 is 0.971 bits per heavy atom. The fourth-order valence-electron chi connectivity index (χ4n) is 4.39. The van der Waals surface area contributed by atoms with Gasteiger partial charge in [-0.2, -0.15) is 0 Å². The van der Waals surface area contributed by atoms with Crippen LogP contribution in [-0.4, -0.2) is 25.2 Å². The number of rotatable bonds is 6. The van der Waals surface area contributed by atoms with Crippen molar-refractivity contribution in [1.29, 1.82) is 0 Å². The molecule has 0 saturated heterocycles. The number of amides is 1. The van der Waals surface area contributed by atoms with Crippen LogP contribution in [0.15, 0.2) is 82.0 Å². The summed E-state index contributed by atoms with van der Waals surface area (Å²) in [5.74, 6) is 0.341. The zero-order valence-corrected chi connectivity index (χ0v) is 19.6. The van der Waals surface area contributed by atoms with Crippen molar-refractivity contribution in [2.24, 2.45) is 0 Å². The molecule has 1 aromatic heterocycles. The van der Waals surface area contributed by atoms with E-state index in [2.05, 4.69) is 5.32 Å². The Labute approximate surface area is 202 Å². The molecule has 0 bridgehead atoms. The average molecular weight is 472 g/mol. The summed E-state index contributed by atoms with van der Waals surface area (Å²) in [6, 6.07) is 21.6. The van der Waals surface area contributed by atoms with E-state index < -0.39 is 17.6 Å². The number of methoxy groups -OCH3 is 1. The molecule has 1 N–H and O–H groups in total. The Morgan fingerprint density at radius 2 is 1.71 bits per heavy atom. The highest BCUT2D eigenvalue weighted by molar-refractivity contribution is 5.97. The number of para-hydroxylation sites is 2. The number of carbonyl (C=O) groups excluding carboxylic acids is 1. The van der Waals surface area contributed by atoms with Crippen molar-refractivity contribution in [3.05, 3.63) is 94.3 Å². The highest BCUT2D eigenvalue weighted by Gasteiger charge is 2.44. The first-order valence-electron chi connectivity index (χ1n) is 11.4. The van der Waals surface area contributed by atoms with Crippen molar-refractivity contribution in [3.63, 3.8) is 0 Å². The molecular weight excluding hydrogens is 446 g/mol. The van der Waals surface area contributed by atoms with Gasteiger partial charge in [0.25, 0.3) is 5.91 Å². The normalized spacial score (nSPS) is 16.6. The number of hydrogen-bond donors (Lipinski definition) is 1. The van der Waals surface area contributed by atoms with Crippen molar-refractivity contribution in [3.8, 4) is 17.2 Å². The molecule has 0 unspecified atom stereocenters. The molecule has 3 aromatic carbocycles. The quantitative estimate of drug-likeness (QED) is 0.393. The molecule has 0 aliphatic carbocycles. The number of ether oxygens (including phenoxy) is 3. The molecule has 1 aliphatic rings. The van der Waals surface area contributed by atoms with E-state index in [0.29, 0.717) is 45.0 Å². The molecule has 0 saturated carbocycles. The molecule has 2 heterocycles. The maximum absolute atomic E-state index is 13.5. The SMILES string of the molecule is COc1cc([C@H]2c3c(c4ccccc4oc3=O)O[C@H]2C(=O)Nc2ccccc2)ccc1OC(C)C. The van der Waals surface area contributed by atoms with Gasteiger partial charge in [0.05, 0.1) is 30.1 Å². The van der Waals surface area contributed by atoms with Gasteiger partial charge in [0.15, 0.2) is 17.6 Å². The van der Waals surface area contributed by atoms with Crippen LogP contribution < -0.4 is 25.2 Å². The lowest BCUT2D eigenvalue weighted by atomic mass is 9.88. The predicted octanol–water partition coefficient (Wildman–Crippen LogP) is 5.12. The van der Waals surface area contributed by atoms with Crippen LogP contribution in [0, 0.1) is 0 Å². The maximum Gasteiger partial charge on any atom is 0.344 e. The van der Waals surface area contributed by atoms with Crippen LogP contribution in [0.25, 0.3) is 11.0 Å². The van der Waals surface area contributed by atoms with Crippen LogP contribution in [0.4, 0.5) is 5.69 Å². The first-order valence-corrected chi connectivity index (χ1v) is 11.4. The molecule has 1 amide bonds. The Hall–Kier alpha value is -4.26. The number of benzene rings is 3. The van der Waals surface area contributed by atoms with E-state index in [1.54, 1.807) is 43.5 Å². The van der Waals surface area contributed by atoms with Crippen LogP contribution in [0.1, 0.15) is 30.9 Å². The molecule has 178 valence electrons. The molecular formula is C28H25NO6. The van der Waals surface area contributed by atoms with E-state index in [-0.39, 0.29) is 12.0 Å². The summed E-state index contributed by atoms with van der Waals surface area (Å²) in [4.78, 5) is 26.6. The summed E-state index contributed by atoms with van der Waals surface area (Å²) in [5, 5.41) is 3.53. The second-order valence-electron chi connectivity index (χ2n) is 8.58. The van der Waals surface area contributed by atoms with Crippen LogP contribution in [0.5, 0.6) is 17.2 Å². The molecule has 0 radical (unpaired) electrons. The molecule has 5 rings (SSSR count). The Morgan fingerprint density at radius 3 is 2.46 bits per heavy atom. The van der Waals surface area contributed by atoms with Gasteiger partial charge < -0.3 is 23.9 Å². The van der Waals surface area contributed by atoms with E-state index in [9.17, 15) is 9.59 Å². The molecule has 0 spiro atoms. The Kier molecular flexibility index (Phi) is 5.91. The number of nitrogens with one attached hydrogen (secondary N) is 1. The molecule has 35 heavy (non-hydrogen) atoms. The summed E-state index contributed by atoms with van der Waals surface area (Å²) in [6.07, 6.45) is -1.05. The Bertz CT molecular complexity index is 1440. The second-order valence-corrected chi connectivity index (χ2v) is 8.58. The highest BCUT2D eigenvalue weighted by Crippen LogP contribution is 2.46. The molecule has 2 atom stereocenters. The van der Waals surface area contributed by atoms with Crippen molar-refractivity contribution in [1.82, 2.24) is 0 Å². The first-order chi connectivity index (χ1) is 17.0. The summed E-state index contributed by atoms with van der Waals surface area (Å²) < 4.78 is 23.2. The van der Waals surface area contributed by atoms with Gasteiger partial charge in [-0.1, -0.05) is 36.4 Å². The van der Waals surface area contributed by atoms with Gasteiger partial charge in [0.1, 0.15) is 11.3 Å². The second kappa shape index (κ2) is 9.18. The first kappa shape index (κ1) is 22.5. The number of hydrogen-bond acceptors (Lipinski definition) is 6. The highest BCUT2D eigenvalue weighted by atomic mass is 16.5. The van der Waals surface area contributed by atoms with Crippen molar-refractivity contribution in [2.45, 2.75) is 32.0 Å². The summed E-state index contributed by atoms with van der Waals surface area (Å²) >= 11 is 0. The van der Waals surface area contributed by atoms with Crippen LogP contribution in [-0.2, 0) is 4.79 Å². The third-order valence-corrected chi connectivity index (χ3v) is 5.87. The molecule has 1 aliphatic heterocycles. The standard InChI is InChI=1S/C28H25NO6/c1-16(2)33-21-14-13-17(15-22(21)32-3)23-24-25(19-11-7-8-12-20(19)34-28(24)31)35-26(23)27(30)29-18-9-5-4-6-10-18/h4-16,23,26H,1-3H3,(H,29,30)/t23-,26+/m0/s1. The van der Waals surface area contributed by atoms with Gasteiger partial charge >= 0.3 is 5.63 Å². The fourth-order valence-corrected chi connectivity index (χ4v) is 4.39. The van der Waals surface area contributed by atoms with Gasteiger partial charge in [-0.3, -0.25) is 4.79 Å². The minimum absolute atomic E-state index is 0.0481. The van der Waals surface area contributed by atoms with Crippen molar-refractivity contribution >= 4 is 22.6 Å². The lowest BCUT2D eigenvalue weighted by molar-refractivity contribution is -0.122. The lowest BCUT2D eigenvalue weighted by Gasteiger charge is -2.20. The zero-order valence-electron chi connectivity index (χ0n) is 19.6. The maximum atomic E-state index is 13.5. The molecule has 0 fully saturated rings. The van der Waals surface area contributed by atoms with Gasteiger partial charge in [0.2, 0.25) is 0 Å². The van der Waals surface area contributed by atoms with E-state index in [0.717, 1.165) is 0 Å². The van der Waals surface area contributed by atoms with Crippen LogP contribution in [0.2, 0.25) is 0 Å². The lowest BCUT2D eigenvalue weighted by Crippen LogP contribution is -2.35. The zero-order chi connectivity index (χ0) is 24.5. The minimum atomic E-state index is -1.000. The van der Waals surface area contributed by atoms with E-state index in [4.69, 9.17) is 18.6 Å². The topological polar surface area (TPSA) is 87.0 Å². The summed E-state index contributed by atoms with van der Waals surface area (Å²) in [5.41, 5.74) is 1.47. The number of carbonyl (C=O) groups is 1. The van der Waals surface area contributed by atoms with E-state index in [1.165, 1.54) is 0 Å². The minimum Gasteiger partial charge on any atom is -0.493 e. The number of anilines is 1. The third kappa shape index (κ3) is 4.21. The average Bonchev–Trinajstić information content (AvgIpc) is 3.26. The van der Waals surface area contributed by atoms with Gasteiger partial charge in [-0.25, -0.2) is 4.79 Å². The van der Waals surface area contributed by atoms with Crippen molar-refractivity contribution in [2.75, 3.05) is 12.4 Å². The third-order valence-electron chi connectivity index (χ3n) is 5.87. The van der Waals surface area contributed by atoms with Crippen LogP contribution >= 0.6 is 0 Å². The summed E-state index contributed by atoms with van der Waals surface area (Å²) in [7, 11) is 1.55. The van der Waals surface area contributed by atoms with Gasteiger partial charge in [-0.05, 0) is 55.8 Å². The van der Waals surface area contributed by atoms with Gasteiger partial charge in [-0.15, -0.1) is 0 Å². The van der Waals surface area contributed by atoms with Crippen LogP contribution in [0.3, 0.4) is 0 Å². The predicted molar refractivity (Wildman–Crippen MR) is 133 cm³/mol.